The van der Waals surface area contributed by atoms with Gasteiger partial charge in [-0.2, -0.15) is 5.10 Å². The summed E-state index contributed by atoms with van der Waals surface area (Å²) in [6, 6.07) is 5.11. The molecule has 0 saturated heterocycles. The summed E-state index contributed by atoms with van der Waals surface area (Å²) in [5.74, 6) is 0. The van der Waals surface area contributed by atoms with Crippen LogP contribution in [0.2, 0.25) is 25.7 Å². The SMILES string of the molecule is Cc1c(-c2ccncc2)nn(COCC[Si](C)(C)C)c1Br. The molecular formula is C15H22BrN3OSi. The van der Waals surface area contributed by atoms with Crippen molar-refractivity contribution in [3.63, 3.8) is 0 Å². The number of rotatable bonds is 6. The molecule has 2 heterocycles. The topological polar surface area (TPSA) is 39.9 Å². The lowest BCUT2D eigenvalue weighted by atomic mass is 10.1. The van der Waals surface area contributed by atoms with Gasteiger partial charge in [-0.05, 0) is 41.0 Å². The Balaban J connectivity index is 2.05. The standard InChI is InChI=1S/C15H22BrN3OSi/c1-12-14(13-5-7-17-8-6-13)18-19(15(12)16)11-20-9-10-21(2,3)4/h5-8H,9-11H2,1-4H3. The van der Waals surface area contributed by atoms with Crippen LogP contribution in [0.1, 0.15) is 5.56 Å². The molecule has 2 aromatic rings. The van der Waals surface area contributed by atoms with Gasteiger partial charge in [0.25, 0.3) is 0 Å². The highest BCUT2D eigenvalue weighted by molar-refractivity contribution is 9.10. The first kappa shape index (κ1) is 16.4. The second-order valence-electron chi connectivity index (χ2n) is 6.35. The average molecular weight is 368 g/mol. The van der Waals surface area contributed by atoms with Crippen LogP contribution >= 0.6 is 15.9 Å². The molecular weight excluding hydrogens is 346 g/mol. The Labute approximate surface area is 135 Å². The number of ether oxygens (including phenoxy) is 1. The quantitative estimate of drug-likeness (QED) is 0.563. The summed E-state index contributed by atoms with van der Waals surface area (Å²) in [4.78, 5) is 4.05. The fourth-order valence-electron chi connectivity index (χ4n) is 1.93. The van der Waals surface area contributed by atoms with Gasteiger partial charge >= 0.3 is 0 Å². The van der Waals surface area contributed by atoms with Crippen LogP contribution in [0.15, 0.2) is 29.1 Å². The van der Waals surface area contributed by atoms with E-state index in [0.717, 1.165) is 28.0 Å². The van der Waals surface area contributed by atoms with Crippen molar-refractivity contribution in [2.75, 3.05) is 6.61 Å². The van der Waals surface area contributed by atoms with Crippen molar-refractivity contribution in [3.8, 4) is 11.3 Å². The van der Waals surface area contributed by atoms with Gasteiger partial charge in [-0.25, -0.2) is 4.68 Å². The molecule has 0 bridgehead atoms. The van der Waals surface area contributed by atoms with Crippen molar-refractivity contribution < 1.29 is 4.74 Å². The van der Waals surface area contributed by atoms with Crippen LogP contribution < -0.4 is 0 Å². The van der Waals surface area contributed by atoms with Gasteiger partial charge in [0.2, 0.25) is 0 Å². The Morgan fingerprint density at radius 3 is 2.52 bits per heavy atom. The van der Waals surface area contributed by atoms with E-state index < -0.39 is 8.07 Å². The van der Waals surface area contributed by atoms with Crippen LogP contribution in [0.3, 0.4) is 0 Å². The molecule has 0 fully saturated rings. The summed E-state index contributed by atoms with van der Waals surface area (Å²) in [6.45, 7) is 10.4. The molecule has 0 unspecified atom stereocenters. The molecule has 2 aromatic heterocycles. The van der Waals surface area contributed by atoms with E-state index >= 15 is 0 Å². The van der Waals surface area contributed by atoms with Gasteiger partial charge in [-0.3, -0.25) is 4.98 Å². The molecule has 0 aliphatic carbocycles. The van der Waals surface area contributed by atoms with Gasteiger partial charge in [0, 0.05) is 38.2 Å². The Morgan fingerprint density at radius 2 is 1.90 bits per heavy atom. The molecule has 4 nitrogen and oxygen atoms in total. The van der Waals surface area contributed by atoms with Crippen molar-refractivity contribution in [3.05, 3.63) is 34.7 Å². The van der Waals surface area contributed by atoms with Crippen molar-refractivity contribution in [2.45, 2.75) is 39.3 Å². The lowest BCUT2D eigenvalue weighted by Gasteiger charge is -2.15. The predicted molar refractivity (Wildman–Crippen MR) is 92.0 cm³/mol. The number of hydrogen-bond acceptors (Lipinski definition) is 3. The highest BCUT2D eigenvalue weighted by Gasteiger charge is 2.15. The molecule has 0 amide bonds. The fraction of sp³-hybridized carbons (Fsp3) is 0.467. The fourth-order valence-corrected chi connectivity index (χ4v) is 3.06. The maximum absolute atomic E-state index is 5.77. The smallest absolute Gasteiger partial charge is 0.140 e. The van der Waals surface area contributed by atoms with Gasteiger partial charge in [-0.1, -0.05) is 19.6 Å². The second kappa shape index (κ2) is 6.85. The molecule has 21 heavy (non-hydrogen) atoms. The zero-order valence-electron chi connectivity index (χ0n) is 13.1. The van der Waals surface area contributed by atoms with E-state index in [1.54, 1.807) is 12.4 Å². The van der Waals surface area contributed by atoms with Crippen molar-refractivity contribution in [1.82, 2.24) is 14.8 Å². The largest absolute Gasteiger partial charge is 0.359 e. The summed E-state index contributed by atoms with van der Waals surface area (Å²) in [5.41, 5.74) is 3.16. The molecule has 0 radical (unpaired) electrons. The van der Waals surface area contributed by atoms with Gasteiger partial charge in [-0.15, -0.1) is 0 Å². The maximum atomic E-state index is 5.77. The lowest BCUT2D eigenvalue weighted by Crippen LogP contribution is -2.22. The Hall–Kier alpha value is -0.983. The van der Waals surface area contributed by atoms with E-state index in [1.807, 2.05) is 16.8 Å². The highest BCUT2D eigenvalue weighted by Crippen LogP contribution is 2.27. The number of aromatic nitrogens is 3. The predicted octanol–water partition coefficient (Wildman–Crippen LogP) is 4.33. The van der Waals surface area contributed by atoms with Crippen LogP contribution in [-0.2, 0) is 11.5 Å². The van der Waals surface area contributed by atoms with E-state index in [0.29, 0.717) is 6.73 Å². The average Bonchev–Trinajstić information content (AvgIpc) is 2.72. The Morgan fingerprint density at radius 1 is 1.24 bits per heavy atom. The van der Waals surface area contributed by atoms with E-state index in [-0.39, 0.29) is 0 Å². The Kier molecular flexibility index (Phi) is 5.35. The lowest BCUT2D eigenvalue weighted by molar-refractivity contribution is 0.0771. The molecule has 0 saturated carbocycles. The summed E-state index contributed by atoms with van der Waals surface area (Å²) in [5, 5.41) is 4.64. The number of pyridine rings is 1. The molecule has 0 N–H and O–H groups in total. The zero-order valence-corrected chi connectivity index (χ0v) is 15.6. The third-order valence-electron chi connectivity index (χ3n) is 3.28. The van der Waals surface area contributed by atoms with Crippen molar-refractivity contribution in [1.29, 1.82) is 0 Å². The van der Waals surface area contributed by atoms with Crippen LogP contribution in [0, 0.1) is 6.92 Å². The van der Waals surface area contributed by atoms with Crippen LogP contribution in [-0.4, -0.2) is 29.4 Å². The minimum Gasteiger partial charge on any atom is -0.359 e. The molecule has 0 spiro atoms. The minimum absolute atomic E-state index is 0.483. The molecule has 0 aromatic carbocycles. The summed E-state index contributed by atoms with van der Waals surface area (Å²) in [6.07, 6.45) is 3.57. The molecule has 0 atom stereocenters. The van der Waals surface area contributed by atoms with Gasteiger partial charge < -0.3 is 4.74 Å². The zero-order chi connectivity index (χ0) is 15.5. The number of nitrogens with zero attached hydrogens (tertiary/aromatic N) is 3. The third-order valence-corrected chi connectivity index (χ3v) is 5.98. The number of hydrogen-bond donors (Lipinski definition) is 0. The van der Waals surface area contributed by atoms with Crippen molar-refractivity contribution in [2.24, 2.45) is 0 Å². The summed E-state index contributed by atoms with van der Waals surface area (Å²) >= 11 is 3.60. The molecule has 2 rings (SSSR count). The third kappa shape index (κ3) is 4.49. The summed E-state index contributed by atoms with van der Waals surface area (Å²) < 4.78 is 8.62. The van der Waals surface area contributed by atoms with Crippen LogP contribution in [0.25, 0.3) is 11.3 Å². The van der Waals surface area contributed by atoms with Gasteiger partial charge in [0.05, 0.1) is 5.69 Å². The van der Waals surface area contributed by atoms with E-state index in [9.17, 15) is 0 Å². The van der Waals surface area contributed by atoms with Crippen molar-refractivity contribution >= 4 is 24.0 Å². The van der Waals surface area contributed by atoms with E-state index in [4.69, 9.17) is 4.74 Å². The molecule has 6 heteroatoms. The van der Waals surface area contributed by atoms with Gasteiger partial charge in [0.15, 0.2) is 0 Å². The second-order valence-corrected chi connectivity index (χ2v) is 12.7. The molecule has 114 valence electrons. The summed E-state index contributed by atoms with van der Waals surface area (Å²) in [7, 11) is -1.04. The first-order chi connectivity index (χ1) is 9.88. The van der Waals surface area contributed by atoms with E-state index in [2.05, 4.69) is 52.6 Å². The highest BCUT2D eigenvalue weighted by atomic mass is 79.9. The first-order valence-corrected chi connectivity index (χ1v) is 11.6. The first-order valence-electron chi connectivity index (χ1n) is 7.09. The van der Waals surface area contributed by atoms with Crippen LogP contribution in [0.5, 0.6) is 0 Å². The van der Waals surface area contributed by atoms with E-state index in [1.165, 1.54) is 6.04 Å². The molecule has 0 aliphatic heterocycles. The minimum atomic E-state index is -1.04. The van der Waals surface area contributed by atoms with Crippen LogP contribution in [0.4, 0.5) is 0 Å². The Bertz CT molecular complexity index is 593. The monoisotopic (exact) mass is 367 g/mol. The number of halogens is 1. The normalized spacial score (nSPS) is 11.9. The maximum Gasteiger partial charge on any atom is 0.140 e. The molecule has 0 aliphatic rings. The van der Waals surface area contributed by atoms with Gasteiger partial charge in [0.1, 0.15) is 11.3 Å².